The predicted octanol–water partition coefficient (Wildman–Crippen LogP) is 3.69. The molecule has 2 aromatic carbocycles. The Hall–Kier alpha value is -3.26. The number of esters is 1. The summed E-state index contributed by atoms with van der Waals surface area (Å²) in [7, 11) is 1.25. The van der Waals surface area contributed by atoms with Crippen LogP contribution in [0.15, 0.2) is 42.5 Å². The normalized spacial score (nSPS) is 17.3. The Morgan fingerprint density at radius 1 is 1.19 bits per heavy atom. The standard InChI is InChI=1S/C24H27FN2O5/c1-24(2)13-16(8-9-32-24)21(28)26-14-15-10-17(23(30)31-3)12-18(11-15)27-22(29)19-6-4-5-7-20(19)25/h4-7,10-12,16H,8-9,13-14H2,1-3H3,(H,26,28)(H,27,29). The second kappa shape index (κ2) is 9.91. The maximum absolute atomic E-state index is 13.9. The number of carbonyl (C=O) groups is 3. The molecule has 0 bridgehead atoms. The van der Waals surface area contributed by atoms with E-state index in [1.807, 2.05) is 13.8 Å². The number of ether oxygens (including phenoxy) is 2. The van der Waals surface area contributed by atoms with Gasteiger partial charge in [-0.2, -0.15) is 0 Å². The molecule has 8 heteroatoms. The number of anilines is 1. The molecule has 0 spiro atoms. The van der Waals surface area contributed by atoms with Crippen molar-refractivity contribution in [2.45, 2.75) is 38.8 Å². The highest BCUT2D eigenvalue weighted by Crippen LogP contribution is 2.28. The Morgan fingerprint density at radius 2 is 1.94 bits per heavy atom. The number of hydrogen-bond donors (Lipinski definition) is 2. The maximum atomic E-state index is 13.9. The summed E-state index contributed by atoms with van der Waals surface area (Å²) >= 11 is 0. The Balaban J connectivity index is 1.75. The van der Waals surface area contributed by atoms with E-state index in [0.29, 0.717) is 25.0 Å². The monoisotopic (exact) mass is 442 g/mol. The number of hydrogen-bond acceptors (Lipinski definition) is 5. The Morgan fingerprint density at radius 3 is 2.62 bits per heavy atom. The van der Waals surface area contributed by atoms with E-state index in [1.165, 1.54) is 31.4 Å². The van der Waals surface area contributed by atoms with Crippen molar-refractivity contribution in [2.24, 2.45) is 5.92 Å². The third kappa shape index (κ3) is 5.91. The van der Waals surface area contributed by atoms with Crippen molar-refractivity contribution in [1.82, 2.24) is 5.32 Å². The van der Waals surface area contributed by atoms with Crippen molar-refractivity contribution in [3.63, 3.8) is 0 Å². The molecule has 0 aliphatic carbocycles. The van der Waals surface area contributed by atoms with Crippen LogP contribution in [0.3, 0.4) is 0 Å². The van der Waals surface area contributed by atoms with Crippen LogP contribution in [0.4, 0.5) is 10.1 Å². The van der Waals surface area contributed by atoms with E-state index in [9.17, 15) is 18.8 Å². The molecule has 1 heterocycles. The van der Waals surface area contributed by atoms with Gasteiger partial charge < -0.3 is 20.1 Å². The molecule has 1 unspecified atom stereocenters. The van der Waals surface area contributed by atoms with Crippen LogP contribution >= 0.6 is 0 Å². The molecule has 32 heavy (non-hydrogen) atoms. The first-order valence-electron chi connectivity index (χ1n) is 10.4. The molecule has 1 atom stereocenters. The minimum atomic E-state index is -0.652. The van der Waals surface area contributed by atoms with Crippen molar-refractivity contribution in [2.75, 3.05) is 19.0 Å². The van der Waals surface area contributed by atoms with Gasteiger partial charge in [0.05, 0.1) is 23.8 Å². The molecule has 0 saturated carbocycles. The van der Waals surface area contributed by atoms with Crippen LogP contribution in [0, 0.1) is 11.7 Å². The Kier molecular flexibility index (Phi) is 7.25. The van der Waals surface area contributed by atoms with Crippen LogP contribution in [0.25, 0.3) is 0 Å². The zero-order valence-corrected chi connectivity index (χ0v) is 18.4. The van der Waals surface area contributed by atoms with Gasteiger partial charge in [-0.3, -0.25) is 9.59 Å². The Labute approximate surface area is 186 Å². The molecule has 7 nitrogen and oxygen atoms in total. The number of nitrogens with one attached hydrogen (secondary N) is 2. The third-order valence-electron chi connectivity index (χ3n) is 5.32. The fourth-order valence-electron chi connectivity index (χ4n) is 3.73. The number of benzene rings is 2. The summed E-state index contributed by atoms with van der Waals surface area (Å²) in [6, 6.07) is 10.3. The number of amides is 2. The fraction of sp³-hybridized carbons (Fsp3) is 0.375. The van der Waals surface area contributed by atoms with E-state index in [0.717, 1.165) is 0 Å². The van der Waals surface area contributed by atoms with Crippen LogP contribution in [0.5, 0.6) is 0 Å². The van der Waals surface area contributed by atoms with Gasteiger partial charge in [0.2, 0.25) is 5.91 Å². The number of methoxy groups -OCH3 is 1. The lowest BCUT2D eigenvalue weighted by molar-refractivity contribution is -0.135. The summed E-state index contributed by atoms with van der Waals surface area (Å²) in [5, 5.41) is 5.50. The van der Waals surface area contributed by atoms with Gasteiger partial charge in [0.25, 0.3) is 5.91 Å². The van der Waals surface area contributed by atoms with Gasteiger partial charge in [-0.15, -0.1) is 0 Å². The van der Waals surface area contributed by atoms with Gasteiger partial charge in [0, 0.05) is 24.8 Å². The lowest BCUT2D eigenvalue weighted by Gasteiger charge is -2.34. The zero-order chi connectivity index (χ0) is 23.3. The van der Waals surface area contributed by atoms with Crippen molar-refractivity contribution in [3.05, 3.63) is 65.0 Å². The summed E-state index contributed by atoms with van der Waals surface area (Å²) in [5.41, 5.74) is 0.618. The highest BCUT2D eigenvalue weighted by Gasteiger charge is 2.32. The third-order valence-corrected chi connectivity index (χ3v) is 5.32. The first-order valence-corrected chi connectivity index (χ1v) is 10.4. The van der Waals surface area contributed by atoms with Gasteiger partial charge in [-0.25, -0.2) is 9.18 Å². The summed E-state index contributed by atoms with van der Waals surface area (Å²) in [6.07, 6.45) is 1.26. The van der Waals surface area contributed by atoms with E-state index in [1.54, 1.807) is 18.2 Å². The van der Waals surface area contributed by atoms with E-state index < -0.39 is 17.7 Å². The minimum absolute atomic E-state index is 0.0956. The quantitative estimate of drug-likeness (QED) is 0.666. The van der Waals surface area contributed by atoms with Gasteiger partial charge >= 0.3 is 5.97 Å². The summed E-state index contributed by atoms with van der Waals surface area (Å²) in [6.45, 7) is 4.59. The van der Waals surface area contributed by atoms with Gasteiger partial charge in [-0.1, -0.05) is 12.1 Å². The minimum Gasteiger partial charge on any atom is -0.465 e. The molecule has 0 radical (unpaired) electrons. The smallest absolute Gasteiger partial charge is 0.337 e. The van der Waals surface area contributed by atoms with Crippen molar-refractivity contribution >= 4 is 23.5 Å². The fourth-order valence-corrected chi connectivity index (χ4v) is 3.73. The lowest BCUT2D eigenvalue weighted by atomic mass is 9.88. The molecule has 1 fully saturated rings. The molecule has 2 aromatic rings. The molecule has 170 valence electrons. The topological polar surface area (TPSA) is 93.7 Å². The number of halogens is 1. The average Bonchev–Trinajstić information content (AvgIpc) is 2.76. The first-order chi connectivity index (χ1) is 15.2. The average molecular weight is 442 g/mol. The lowest BCUT2D eigenvalue weighted by Crippen LogP contribution is -2.41. The van der Waals surface area contributed by atoms with Crippen LogP contribution in [-0.2, 0) is 20.8 Å². The Bertz CT molecular complexity index is 1020. The summed E-state index contributed by atoms with van der Waals surface area (Å²) in [5.74, 6) is -2.15. The van der Waals surface area contributed by atoms with Crippen LogP contribution < -0.4 is 10.6 Å². The molecular weight excluding hydrogens is 415 g/mol. The van der Waals surface area contributed by atoms with E-state index in [4.69, 9.17) is 9.47 Å². The molecule has 3 rings (SSSR count). The molecule has 1 saturated heterocycles. The second-order valence-corrected chi connectivity index (χ2v) is 8.36. The number of rotatable bonds is 6. The van der Waals surface area contributed by atoms with E-state index in [2.05, 4.69) is 10.6 Å². The van der Waals surface area contributed by atoms with E-state index in [-0.39, 0.29) is 40.8 Å². The van der Waals surface area contributed by atoms with Crippen molar-refractivity contribution < 1.29 is 28.2 Å². The molecule has 2 amide bonds. The summed E-state index contributed by atoms with van der Waals surface area (Å²) < 4.78 is 24.4. The first kappa shape index (κ1) is 23.4. The highest BCUT2D eigenvalue weighted by molar-refractivity contribution is 6.05. The SMILES string of the molecule is COC(=O)c1cc(CNC(=O)C2CCOC(C)(C)C2)cc(NC(=O)c2ccccc2F)c1. The van der Waals surface area contributed by atoms with Gasteiger partial charge in [0.15, 0.2) is 0 Å². The zero-order valence-electron chi connectivity index (χ0n) is 18.4. The van der Waals surface area contributed by atoms with Crippen LogP contribution in [0.2, 0.25) is 0 Å². The summed E-state index contributed by atoms with van der Waals surface area (Å²) in [4.78, 5) is 37.2. The van der Waals surface area contributed by atoms with Crippen LogP contribution in [0.1, 0.15) is 53.0 Å². The predicted molar refractivity (Wildman–Crippen MR) is 117 cm³/mol. The molecule has 2 N–H and O–H groups in total. The highest BCUT2D eigenvalue weighted by atomic mass is 19.1. The molecule has 1 aliphatic heterocycles. The second-order valence-electron chi connectivity index (χ2n) is 8.36. The van der Waals surface area contributed by atoms with Crippen LogP contribution in [-0.4, -0.2) is 37.1 Å². The molecule has 1 aliphatic rings. The van der Waals surface area contributed by atoms with E-state index >= 15 is 0 Å². The largest absolute Gasteiger partial charge is 0.465 e. The number of carbonyl (C=O) groups excluding carboxylic acids is 3. The van der Waals surface area contributed by atoms with Crippen molar-refractivity contribution in [3.8, 4) is 0 Å². The maximum Gasteiger partial charge on any atom is 0.337 e. The van der Waals surface area contributed by atoms with Crippen molar-refractivity contribution in [1.29, 1.82) is 0 Å². The van der Waals surface area contributed by atoms with Gasteiger partial charge in [-0.05, 0) is 62.6 Å². The molecule has 0 aromatic heterocycles. The van der Waals surface area contributed by atoms with Gasteiger partial charge in [0.1, 0.15) is 5.82 Å². The molecular formula is C24H27FN2O5.